The van der Waals surface area contributed by atoms with Gasteiger partial charge in [0.2, 0.25) is 5.95 Å². The molecule has 5 heteroatoms. The molecule has 0 aliphatic carbocycles. The van der Waals surface area contributed by atoms with Gasteiger partial charge in [-0.15, -0.1) is 0 Å². The Morgan fingerprint density at radius 3 is 2.67 bits per heavy atom. The molecule has 0 bridgehead atoms. The molecule has 1 atom stereocenters. The van der Waals surface area contributed by atoms with E-state index < -0.39 is 0 Å². The van der Waals surface area contributed by atoms with Gasteiger partial charge in [-0.2, -0.15) is 0 Å². The number of aromatic nitrogens is 2. The van der Waals surface area contributed by atoms with E-state index in [-0.39, 0.29) is 6.04 Å². The summed E-state index contributed by atoms with van der Waals surface area (Å²) in [6.45, 7) is 2.55. The molecule has 1 aromatic rings. The lowest BCUT2D eigenvalue weighted by Crippen LogP contribution is -2.26. The molecule has 0 fully saturated rings. The fourth-order valence-corrected chi connectivity index (χ4v) is 0.871. The Morgan fingerprint density at radius 1 is 1.58 bits per heavy atom. The summed E-state index contributed by atoms with van der Waals surface area (Å²) < 4.78 is 0.869. The van der Waals surface area contributed by atoms with Gasteiger partial charge in [0.25, 0.3) is 0 Å². The first kappa shape index (κ1) is 9.41. The van der Waals surface area contributed by atoms with Crippen molar-refractivity contribution in [2.45, 2.75) is 13.0 Å². The van der Waals surface area contributed by atoms with Crippen LogP contribution in [0.4, 0.5) is 5.95 Å². The highest BCUT2D eigenvalue weighted by Crippen LogP contribution is 2.06. The van der Waals surface area contributed by atoms with Crippen molar-refractivity contribution >= 4 is 21.9 Å². The molecule has 1 aromatic heterocycles. The number of rotatable bonds is 3. The molecule has 0 saturated heterocycles. The maximum atomic E-state index is 5.42. The highest BCUT2D eigenvalue weighted by atomic mass is 79.9. The molecule has 0 aromatic carbocycles. The SMILES string of the molecule is CC(CN)Nc1ncc(Br)cn1. The Kier molecular flexibility index (Phi) is 3.43. The van der Waals surface area contributed by atoms with Gasteiger partial charge < -0.3 is 11.1 Å². The van der Waals surface area contributed by atoms with Gasteiger partial charge in [-0.1, -0.05) is 0 Å². The van der Waals surface area contributed by atoms with Crippen molar-refractivity contribution in [1.29, 1.82) is 0 Å². The van der Waals surface area contributed by atoms with Crippen LogP contribution in [-0.4, -0.2) is 22.6 Å². The second-order valence-electron chi connectivity index (χ2n) is 2.51. The standard InChI is InChI=1S/C7H11BrN4/c1-5(2-9)12-7-10-3-6(8)4-11-7/h3-5H,2,9H2,1H3,(H,10,11,12). The van der Waals surface area contributed by atoms with Crippen LogP contribution in [0.2, 0.25) is 0 Å². The molecule has 0 aliphatic rings. The zero-order chi connectivity index (χ0) is 8.97. The van der Waals surface area contributed by atoms with Crippen molar-refractivity contribution in [3.05, 3.63) is 16.9 Å². The van der Waals surface area contributed by atoms with Gasteiger partial charge in [0.15, 0.2) is 0 Å². The molecule has 0 saturated carbocycles. The third-order valence-electron chi connectivity index (χ3n) is 1.35. The van der Waals surface area contributed by atoms with Crippen LogP contribution in [0.5, 0.6) is 0 Å². The van der Waals surface area contributed by atoms with Gasteiger partial charge in [0, 0.05) is 25.0 Å². The summed E-state index contributed by atoms with van der Waals surface area (Å²) in [5.41, 5.74) is 5.42. The third kappa shape index (κ3) is 2.75. The Labute approximate surface area is 79.7 Å². The number of halogens is 1. The minimum absolute atomic E-state index is 0.200. The van der Waals surface area contributed by atoms with Crippen molar-refractivity contribution in [3.8, 4) is 0 Å². The molecule has 0 aliphatic heterocycles. The number of nitrogens with zero attached hydrogens (tertiary/aromatic N) is 2. The molecule has 0 radical (unpaired) electrons. The van der Waals surface area contributed by atoms with Crippen LogP contribution in [0.25, 0.3) is 0 Å². The van der Waals surface area contributed by atoms with Gasteiger partial charge in [0.1, 0.15) is 0 Å². The van der Waals surface area contributed by atoms with E-state index in [0.717, 1.165) is 4.47 Å². The molecule has 0 amide bonds. The van der Waals surface area contributed by atoms with Crippen LogP contribution in [0.1, 0.15) is 6.92 Å². The maximum Gasteiger partial charge on any atom is 0.222 e. The molecule has 0 spiro atoms. The Morgan fingerprint density at radius 2 is 2.17 bits per heavy atom. The molecule has 1 unspecified atom stereocenters. The van der Waals surface area contributed by atoms with Crippen LogP contribution in [0.3, 0.4) is 0 Å². The first-order valence-corrected chi connectivity index (χ1v) is 4.46. The molecule has 1 heterocycles. The average molecular weight is 231 g/mol. The zero-order valence-electron chi connectivity index (χ0n) is 6.79. The molecular weight excluding hydrogens is 220 g/mol. The van der Waals surface area contributed by atoms with Crippen LogP contribution in [0, 0.1) is 0 Å². The normalized spacial score (nSPS) is 12.6. The second-order valence-corrected chi connectivity index (χ2v) is 3.42. The van der Waals surface area contributed by atoms with Crippen molar-refractivity contribution in [3.63, 3.8) is 0 Å². The first-order valence-electron chi connectivity index (χ1n) is 3.66. The largest absolute Gasteiger partial charge is 0.351 e. The van der Waals surface area contributed by atoms with Gasteiger partial charge in [-0.25, -0.2) is 9.97 Å². The lowest BCUT2D eigenvalue weighted by molar-refractivity contribution is 0.790. The molecule has 1 rings (SSSR count). The minimum atomic E-state index is 0.200. The summed E-state index contributed by atoms with van der Waals surface area (Å²) in [7, 11) is 0. The monoisotopic (exact) mass is 230 g/mol. The van der Waals surface area contributed by atoms with E-state index in [1.165, 1.54) is 0 Å². The highest BCUT2D eigenvalue weighted by Gasteiger charge is 1.99. The van der Waals surface area contributed by atoms with Crippen LogP contribution >= 0.6 is 15.9 Å². The van der Waals surface area contributed by atoms with E-state index in [4.69, 9.17) is 5.73 Å². The summed E-state index contributed by atoms with van der Waals surface area (Å²) in [5, 5.41) is 3.05. The predicted molar refractivity (Wildman–Crippen MR) is 51.9 cm³/mol. The molecule has 66 valence electrons. The number of anilines is 1. The minimum Gasteiger partial charge on any atom is -0.351 e. The van der Waals surface area contributed by atoms with E-state index >= 15 is 0 Å². The molecule has 3 N–H and O–H groups in total. The summed E-state index contributed by atoms with van der Waals surface area (Å²) in [5.74, 6) is 0.608. The lowest BCUT2D eigenvalue weighted by Gasteiger charge is -2.09. The first-order chi connectivity index (χ1) is 5.72. The van der Waals surface area contributed by atoms with Crippen molar-refractivity contribution in [2.24, 2.45) is 5.73 Å². The highest BCUT2D eigenvalue weighted by molar-refractivity contribution is 9.10. The van der Waals surface area contributed by atoms with E-state index in [1.54, 1.807) is 12.4 Å². The van der Waals surface area contributed by atoms with E-state index in [9.17, 15) is 0 Å². The Hall–Kier alpha value is -0.680. The molecular formula is C7H11BrN4. The average Bonchev–Trinajstić information content (AvgIpc) is 2.09. The lowest BCUT2D eigenvalue weighted by atomic mass is 10.3. The summed E-state index contributed by atoms with van der Waals surface area (Å²) in [6, 6.07) is 0.200. The third-order valence-corrected chi connectivity index (χ3v) is 1.76. The Balaban J connectivity index is 2.58. The van der Waals surface area contributed by atoms with E-state index in [1.807, 2.05) is 6.92 Å². The van der Waals surface area contributed by atoms with Crippen LogP contribution in [-0.2, 0) is 0 Å². The zero-order valence-corrected chi connectivity index (χ0v) is 8.37. The van der Waals surface area contributed by atoms with E-state index in [0.29, 0.717) is 12.5 Å². The summed E-state index contributed by atoms with van der Waals surface area (Å²) in [6.07, 6.45) is 3.39. The van der Waals surface area contributed by atoms with Crippen molar-refractivity contribution in [1.82, 2.24) is 9.97 Å². The smallest absolute Gasteiger partial charge is 0.222 e. The second kappa shape index (κ2) is 4.37. The number of nitrogens with one attached hydrogen (secondary N) is 1. The predicted octanol–water partition coefficient (Wildman–Crippen LogP) is 0.998. The summed E-state index contributed by atoms with van der Waals surface area (Å²) >= 11 is 3.25. The van der Waals surface area contributed by atoms with E-state index in [2.05, 4.69) is 31.2 Å². The number of hydrogen-bond acceptors (Lipinski definition) is 4. The molecule has 12 heavy (non-hydrogen) atoms. The van der Waals surface area contributed by atoms with Gasteiger partial charge in [0.05, 0.1) is 4.47 Å². The van der Waals surface area contributed by atoms with Crippen molar-refractivity contribution in [2.75, 3.05) is 11.9 Å². The number of hydrogen-bond donors (Lipinski definition) is 2. The fourth-order valence-electron chi connectivity index (χ4n) is 0.666. The maximum absolute atomic E-state index is 5.42. The number of nitrogens with two attached hydrogens (primary N) is 1. The quantitative estimate of drug-likeness (QED) is 0.814. The summed E-state index contributed by atoms with van der Waals surface area (Å²) in [4.78, 5) is 8.08. The topological polar surface area (TPSA) is 63.8 Å². The van der Waals surface area contributed by atoms with Gasteiger partial charge >= 0.3 is 0 Å². The Bertz CT molecular complexity index is 236. The van der Waals surface area contributed by atoms with Crippen molar-refractivity contribution < 1.29 is 0 Å². The van der Waals surface area contributed by atoms with Crippen LogP contribution in [0.15, 0.2) is 16.9 Å². The molecule has 4 nitrogen and oxygen atoms in total. The van der Waals surface area contributed by atoms with Gasteiger partial charge in [-0.05, 0) is 22.9 Å². The van der Waals surface area contributed by atoms with Gasteiger partial charge in [-0.3, -0.25) is 0 Å². The van der Waals surface area contributed by atoms with Crippen LogP contribution < -0.4 is 11.1 Å². The fraction of sp³-hybridized carbons (Fsp3) is 0.429.